The van der Waals surface area contributed by atoms with Gasteiger partial charge in [-0.05, 0) is 25.0 Å². The van der Waals surface area contributed by atoms with Crippen LogP contribution in [0.5, 0.6) is 0 Å². The van der Waals surface area contributed by atoms with Gasteiger partial charge in [0, 0.05) is 18.5 Å². The molecule has 1 atom stereocenters. The smallest absolute Gasteiger partial charge is 0.138 e. The highest BCUT2D eigenvalue weighted by Crippen LogP contribution is 2.25. The van der Waals surface area contributed by atoms with E-state index in [0.29, 0.717) is 17.9 Å². The quantitative estimate of drug-likeness (QED) is 0.632. The lowest BCUT2D eigenvalue weighted by atomic mass is 10.00. The van der Waals surface area contributed by atoms with Crippen molar-refractivity contribution < 1.29 is 8.78 Å². The van der Waals surface area contributed by atoms with Crippen molar-refractivity contribution in [3.8, 4) is 0 Å². The van der Waals surface area contributed by atoms with Gasteiger partial charge in [-0.1, -0.05) is 13.0 Å². The maximum atomic E-state index is 14.2. The zero-order valence-electron chi connectivity index (χ0n) is 12.1. The van der Waals surface area contributed by atoms with Gasteiger partial charge in [-0.2, -0.15) is 5.10 Å². The van der Waals surface area contributed by atoms with E-state index in [9.17, 15) is 8.78 Å². The van der Waals surface area contributed by atoms with E-state index in [0.717, 1.165) is 6.42 Å². The molecule has 0 amide bonds. The van der Waals surface area contributed by atoms with Gasteiger partial charge in [-0.3, -0.25) is 16.0 Å². The van der Waals surface area contributed by atoms with Gasteiger partial charge in [-0.25, -0.2) is 13.8 Å². The molecule has 7 heteroatoms. The Morgan fingerprint density at radius 2 is 2.14 bits per heavy atom. The lowest BCUT2D eigenvalue weighted by Crippen LogP contribution is -2.32. The normalized spacial score (nSPS) is 12.6. The standard InChI is InChI=1S/C14H19F2N5/c1-3-6-21-12(18-8-19-21)7-11(20-17)13-10(15)5-4-9(2)14(13)16/h4-5,8,11,20H,3,6-7,17H2,1-2H3. The van der Waals surface area contributed by atoms with E-state index < -0.39 is 17.7 Å². The van der Waals surface area contributed by atoms with Crippen LogP contribution in [0.3, 0.4) is 0 Å². The number of hydrazine groups is 1. The van der Waals surface area contributed by atoms with Gasteiger partial charge in [0.05, 0.1) is 6.04 Å². The number of nitrogens with zero attached hydrogens (tertiary/aromatic N) is 3. The Kier molecular flexibility index (Phi) is 4.98. The Morgan fingerprint density at radius 3 is 2.81 bits per heavy atom. The van der Waals surface area contributed by atoms with Crippen LogP contribution in [0.25, 0.3) is 0 Å². The summed E-state index contributed by atoms with van der Waals surface area (Å²) in [7, 11) is 0. The number of nitrogens with one attached hydrogen (secondary N) is 1. The number of hydrogen-bond donors (Lipinski definition) is 2. The molecule has 5 nitrogen and oxygen atoms in total. The summed E-state index contributed by atoms with van der Waals surface area (Å²) in [5.74, 6) is 4.93. The molecule has 3 N–H and O–H groups in total. The van der Waals surface area contributed by atoms with E-state index in [1.807, 2.05) is 6.92 Å². The number of benzene rings is 1. The molecule has 0 aliphatic carbocycles. The van der Waals surface area contributed by atoms with Gasteiger partial charge in [0.15, 0.2) is 0 Å². The van der Waals surface area contributed by atoms with Gasteiger partial charge < -0.3 is 0 Å². The third kappa shape index (κ3) is 3.25. The van der Waals surface area contributed by atoms with Crippen LogP contribution in [0.1, 0.15) is 36.3 Å². The number of nitrogens with two attached hydrogens (primary N) is 1. The van der Waals surface area contributed by atoms with Crippen molar-refractivity contribution in [2.75, 3.05) is 0 Å². The van der Waals surface area contributed by atoms with Crippen LogP contribution < -0.4 is 11.3 Å². The van der Waals surface area contributed by atoms with Crippen LogP contribution in [-0.4, -0.2) is 14.8 Å². The minimum atomic E-state index is -0.704. The average molecular weight is 295 g/mol. The van der Waals surface area contributed by atoms with Gasteiger partial charge in [-0.15, -0.1) is 0 Å². The number of halogens is 2. The van der Waals surface area contributed by atoms with Crippen molar-refractivity contribution in [3.05, 3.63) is 47.0 Å². The summed E-state index contributed by atoms with van der Waals surface area (Å²) >= 11 is 0. The second kappa shape index (κ2) is 6.73. The molecule has 0 aliphatic heterocycles. The maximum absolute atomic E-state index is 14.2. The topological polar surface area (TPSA) is 68.8 Å². The minimum Gasteiger partial charge on any atom is -0.271 e. The fraction of sp³-hybridized carbons (Fsp3) is 0.429. The maximum Gasteiger partial charge on any atom is 0.138 e. The molecule has 0 bridgehead atoms. The van der Waals surface area contributed by atoms with E-state index >= 15 is 0 Å². The van der Waals surface area contributed by atoms with Crippen molar-refractivity contribution in [2.45, 2.75) is 39.3 Å². The lowest BCUT2D eigenvalue weighted by Gasteiger charge is -2.18. The molecule has 0 saturated heterocycles. The Hall–Kier alpha value is -1.86. The largest absolute Gasteiger partial charge is 0.271 e. The monoisotopic (exact) mass is 295 g/mol. The molecule has 0 spiro atoms. The first-order valence-corrected chi connectivity index (χ1v) is 6.85. The molecule has 114 valence electrons. The lowest BCUT2D eigenvalue weighted by molar-refractivity contribution is 0.451. The molecule has 0 saturated carbocycles. The molecule has 0 aliphatic rings. The van der Waals surface area contributed by atoms with E-state index in [1.54, 1.807) is 11.6 Å². The molecule has 0 fully saturated rings. The molecule has 21 heavy (non-hydrogen) atoms. The van der Waals surface area contributed by atoms with Crippen LogP contribution in [0.2, 0.25) is 0 Å². The first-order valence-electron chi connectivity index (χ1n) is 6.85. The van der Waals surface area contributed by atoms with Crippen LogP contribution in [0, 0.1) is 18.6 Å². The van der Waals surface area contributed by atoms with Crippen molar-refractivity contribution in [2.24, 2.45) is 5.84 Å². The van der Waals surface area contributed by atoms with E-state index in [4.69, 9.17) is 5.84 Å². The van der Waals surface area contributed by atoms with Crippen LogP contribution in [0.15, 0.2) is 18.5 Å². The Labute approximate surface area is 122 Å². The van der Waals surface area contributed by atoms with Crippen molar-refractivity contribution in [3.63, 3.8) is 0 Å². The van der Waals surface area contributed by atoms with Crippen molar-refractivity contribution in [1.29, 1.82) is 0 Å². The molecular weight excluding hydrogens is 276 g/mol. The van der Waals surface area contributed by atoms with Crippen molar-refractivity contribution in [1.82, 2.24) is 20.2 Å². The number of rotatable bonds is 6. The summed E-state index contributed by atoms with van der Waals surface area (Å²) < 4.78 is 29.9. The van der Waals surface area contributed by atoms with E-state index in [1.165, 1.54) is 18.5 Å². The van der Waals surface area contributed by atoms with Gasteiger partial charge in [0.25, 0.3) is 0 Å². The first kappa shape index (κ1) is 15.5. The third-order valence-corrected chi connectivity index (χ3v) is 3.39. The molecule has 1 aromatic carbocycles. The third-order valence-electron chi connectivity index (χ3n) is 3.39. The molecule has 2 aromatic rings. The second-order valence-corrected chi connectivity index (χ2v) is 4.91. The van der Waals surface area contributed by atoms with Crippen LogP contribution >= 0.6 is 0 Å². The summed E-state index contributed by atoms with van der Waals surface area (Å²) in [6, 6.07) is 1.95. The van der Waals surface area contributed by atoms with Gasteiger partial charge in [0.1, 0.15) is 23.8 Å². The van der Waals surface area contributed by atoms with Crippen LogP contribution in [0.4, 0.5) is 8.78 Å². The number of hydrogen-bond acceptors (Lipinski definition) is 4. The summed E-state index contributed by atoms with van der Waals surface area (Å²) in [6.45, 7) is 4.31. The minimum absolute atomic E-state index is 0.0662. The highest BCUT2D eigenvalue weighted by molar-refractivity contribution is 5.29. The summed E-state index contributed by atoms with van der Waals surface area (Å²) in [4.78, 5) is 4.14. The zero-order valence-corrected chi connectivity index (χ0v) is 12.1. The van der Waals surface area contributed by atoms with Gasteiger partial charge in [0.2, 0.25) is 0 Å². The summed E-state index contributed by atoms with van der Waals surface area (Å²) in [6.07, 6.45) is 2.58. The highest BCUT2D eigenvalue weighted by atomic mass is 19.1. The first-order chi connectivity index (χ1) is 10.1. The molecule has 1 aromatic heterocycles. The predicted octanol–water partition coefficient (Wildman–Crippen LogP) is 2.02. The average Bonchev–Trinajstić information content (AvgIpc) is 2.90. The molecular formula is C14H19F2N5. The molecule has 0 radical (unpaired) electrons. The molecule has 1 unspecified atom stereocenters. The Morgan fingerprint density at radius 1 is 1.38 bits per heavy atom. The van der Waals surface area contributed by atoms with Crippen LogP contribution in [-0.2, 0) is 13.0 Å². The summed E-state index contributed by atoms with van der Waals surface area (Å²) in [5, 5.41) is 4.10. The number of aryl methyl sites for hydroxylation is 2. The predicted molar refractivity (Wildman–Crippen MR) is 75.2 cm³/mol. The number of aromatic nitrogens is 3. The summed E-state index contributed by atoms with van der Waals surface area (Å²) in [5.41, 5.74) is 2.78. The highest BCUT2D eigenvalue weighted by Gasteiger charge is 2.22. The molecule has 2 rings (SSSR count). The second-order valence-electron chi connectivity index (χ2n) is 4.91. The Bertz CT molecular complexity index is 611. The van der Waals surface area contributed by atoms with Gasteiger partial charge >= 0.3 is 0 Å². The fourth-order valence-electron chi connectivity index (χ4n) is 2.27. The van der Waals surface area contributed by atoms with E-state index in [2.05, 4.69) is 15.5 Å². The van der Waals surface area contributed by atoms with E-state index in [-0.39, 0.29) is 12.0 Å². The fourth-order valence-corrected chi connectivity index (χ4v) is 2.27. The zero-order chi connectivity index (χ0) is 15.4. The SMILES string of the molecule is CCCn1ncnc1CC(NN)c1c(F)ccc(C)c1F. The molecule has 1 heterocycles. The Balaban J connectivity index is 2.32. The van der Waals surface area contributed by atoms with Crippen molar-refractivity contribution >= 4 is 0 Å².